The minimum Gasteiger partial charge on any atom is -0.491 e. The van der Waals surface area contributed by atoms with E-state index in [9.17, 15) is 9.59 Å². The summed E-state index contributed by atoms with van der Waals surface area (Å²) in [5.74, 6) is 0.264. The number of hydrogen-bond donors (Lipinski definition) is 1. The zero-order valence-corrected chi connectivity index (χ0v) is 18.2. The summed E-state index contributed by atoms with van der Waals surface area (Å²) in [5, 5.41) is 2.73. The van der Waals surface area contributed by atoms with E-state index in [0.29, 0.717) is 30.2 Å². The topological polar surface area (TPSA) is 80.3 Å². The van der Waals surface area contributed by atoms with Crippen molar-refractivity contribution in [3.05, 3.63) is 23.8 Å². The van der Waals surface area contributed by atoms with E-state index in [1.807, 2.05) is 0 Å². The van der Waals surface area contributed by atoms with Crippen LogP contribution in [0.25, 0.3) is 0 Å². The number of hydrogen-bond acceptors (Lipinski definition) is 6. The second kappa shape index (κ2) is 10.6. The Balaban J connectivity index is 2.37. The first-order valence-corrected chi connectivity index (χ1v) is 9.80. The van der Waals surface area contributed by atoms with Gasteiger partial charge in [0, 0.05) is 46.1 Å². The molecule has 2 rings (SSSR count). The molecule has 0 saturated heterocycles. The number of rotatable bonds is 4. The van der Waals surface area contributed by atoms with Crippen LogP contribution in [-0.2, 0) is 14.3 Å². The van der Waals surface area contributed by atoms with Crippen LogP contribution >= 0.6 is 0 Å². The largest absolute Gasteiger partial charge is 0.491 e. The molecule has 1 heterocycles. The highest BCUT2D eigenvalue weighted by Crippen LogP contribution is 2.26. The van der Waals surface area contributed by atoms with Gasteiger partial charge in [0.2, 0.25) is 5.91 Å². The van der Waals surface area contributed by atoms with E-state index in [1.54, 1.807) is 37.3 Å². The Kier molecular flexibility index (Phi) is 8.43. The number of carbonyl (C=O) groups is 2. The van der Waals surface area contributed by atoms with Crippen LogP contribution in [0.15, 0.2) is 18.2 Å². The number of methoxy groups -OCH3 is 2. The summed E-state index contributed by atoms with van der Waals surface area (Å²) in [6.45, 7) is 5.90. The van der Waals surface area contributed by atoms with Crippen LogP contribution in [0.5, 0.6) is 5.75 Å². The zero-order valence-electron chi connectivity index (χ0n) is 18.2. The first-order valence-electron chi connectivity index (χ1n) is 9.80. The van der Waals surface area contributed by atoms with Gasteiger partial charge >= 0.3 is 0 Å². The van der Waals surface area contributed by atoms with Crippen molar-refractivity contribution >= 4 is 17.5 Å². The third-order valence-electron chi connectivity index (χ3n) is 5.32. The van der Waals surface area contributed by atoms with Crippen LogP contribution in [-0.4, -0.2) is 88.4 Å². The van der Waals surface area contributed by atoms with Crippen LogP contribution in [0.3, 0.4) is 0 Å². The van der Waals surface area contributed by atoms with Crippen molar-refractivity contribution in [1.29, 1.82) is 0 Å². The van der Waals surface area contributed by atoms with Crippen LogP contribution in [0.1, 0.15) is 24.2 Å². The van der Waals surface area contributed by atoms with Gasteiger partial charge in [-0.25, -0.2) is 0 Å². The minimum absolute atomic E-state index is 0.0569. The Morgan fingerprint density at radius 3 is 2.62 bits per heavy atom. The van der Waals surface area contributed by atoms with E-state index in [1.165, 1.54) is 7.11 Å². The van der Waals surface area contributed by atoms with Crippen molar-refractivity contribution in [2.75, 3.05) is 59.9 Å². The third kappa shape index (κ3) is 6.16. The molecule has 0 fully saturated rings. The average molecular weight is 408 g/mol. The molecular formula is C21H33N3O5. The summed E-state index contributed by atoms with van der Waals surface area (Å²) in [6, 6.07) is 5.25. The summed E-state index contributed by atoms with van der Waals surface area (Å²) >= 11 is 0. The van der Waals surface area contributed by atoms with Gasteiger partial charge in [-0.3, -0.25) is 14.5 Å². The predicted molar refractivity (Wildman–Crippen MR) is 111 cm³/mol. The SMILES string of the molecule is COCC(=O)Nc1ccc2c(c1)C(=O)N(C)C[C@@H](OC)[C@H](C)CN(C)[C@H](C)CO2. The van der Waals surface area contributed by atoms with E-state index in [4.69, 9.17) is 14.2 Å². The van der Waals surface area contributed by atoms with Gasteiger partial charge in [0.05, 0.1) is 11.7 Å². The molecule has 1 N–H and O–H groups in total. The molecule has 162 valence electrons. The summed E-state index contributed by atoms with van der Waals surface area (Å²) in [7, 11) is 6.94. The molecule has 0 unspecified atom stereocenters. The standard InChI is InChI=1S/C21H33N3O5/c1-14-10-23(3)15(2)12-29-18-8-7-16(22-20(25)13-27-5)9-17(18)21(26)24(4)11-19(14)28-6/h7-9,14-15,19H,10-13H2,1-6H3,(H,22,25)/t14-,15-,19-/m1/s1. The maximum absolute atomic E-state index is 13.2. The van der Waals surface area contributed by atoms with Crippen LogP contribution in [0, 0.1) is 5.92 Å². The van der Waals surface area contributed by atoms with Crippen molar-refractivity contribution < 1.29 is 23.8 Å². The number of likely N-dealkylation sites (N-methyl/N-ethyl adjacent to an activating group) is 2. The summed E-state index contributed by atoms with van der Waals surface area (Å²) < 4.78 is 16.5. The van der Waals surface area contributed by atoms with Crippen molar-refractivity contribution in [3.8, 4) is 5.75 Å². The Bertz CT molecular complexity index is 712. The van der Waals surface area contributed by atoms with Gasteiger partial charge in [-0.15, -0.1) is 0 Å². The van der Waals surface area contributed by atoms with E-state index in [0.717, 1.165) is 6.54 Å². The molecule has 0 radical (unpaired) electrons. The summed E-state index contributed by atoms with van der Waals surface area (Å²) in [4.78, 5) is 28.9. The fourth-order valence-corrected chi connectivity index (χ4v) is 3.36. The number of nitrogens with one attached hydrogen (secondary N) is 1. The molecule has 8 nitrogen and oxygen atoms in total. The monoisotopic (exact) mass is 407 g/mol. The van der Waals surface area contributed by atoms with Gasteiger partial charge in [0.25, 0.3) is 5.91 Å². The molecule has 0 spiro atoms. The molecule has 2 amide bonds. The van der Waals surface area contributed by atoms with E-state index < -0.39 is 0 Å². The van der Waals surface area contributed by atoms with Crippen molar-refractivity contribution in [3.63, 3.8) is 0 Å². The fourth-order valence-electron chi connectivity index (χ4n) is 3.36. The van der Waals surface area contributed by atoms with E-state index >= 15 is 0 Å². The van der Waals surface area contributed by atoms with E-state index in [-0.39, 0.29) is 36.5 Å². The molecule has 1 aliphatic rings. The van der Waals surface area contributed by atoms with Gasteiger partial charge in [0.15, 0.2) is 0 Å². The second-order valence-corrected chi connectivity index (χ2v) is 7.73. The van der Waals surface area contributed by atoms with Crippen molar-refractivity contribution in [2.45, 2.75) is 26.0 Å². The van der Waals surface area contributed by atoms with Crippen molar-refractivity contribution in [1.82, 2.24) is 9.80 Å². The summed E-state index contributed by atoms with van der Waals surface area (Å²) in [5.41, 5.74) is 0.922. The van der Waals surface area contributed by atoms with E-state index in [2.05, 4.69) is 31.1 Å². The molecule has 0 aromatic heterocycles. The molecule has 0 bridgehead atoms. The summed E-state index contributed by atoms with van der Waals surface area (Å²) in [6.07, 6.45) is -0.0908. The quantitative estimate of drug-likeness (QED) is 0.819. The third-order valence-corrected chi connectivity index (χ3v) is 5.32. The number of fused-ring (bicyclic) bond motifs is 1. The lowest BCUT2D eigenvalue weighted by atomic mass is 10.0. The first kappa shape index (κ1) is 23.1. The number of carbonyl (C=O) groups excluding carboxylic acids is 2. The predicted octanol–water partition coefficient (Wildman–Crippen LogP) is 1.71. The Hall–Kier alpha value is -2.16. The molecule has 1 aromatic carbocycles. The highest BCUT2D eigenvalue weighted by atomic mass is 16.5. The number of amides is 2. The Morgan fingerprint density at radius 1 is 1.24 bits per heavy atom. The van der Waals surface area contributed by atoms with Crippen LogP contribution in [0.4, 0.5) is 5.69 Å². The van der Waals surface area contributed by atoms with Gasteiger partial charge in [-0.2, -0.15) is 0 Å². The number of benzene rings is 1. The lowest BCUT2D eigenvalue weighted by Gasteiger charge is -2.34. The molecule has 0 aliphatic carbocycles. The highest BCUT2D eigenvalue weighted by Gasteiger charge is 2.27. The van der Waals surface area contributed by atoms with Gasteiger partial charge in [0.1, 0.15) is 19.0 Å². The smallest absolute Gasteiger partial charge is 0.257 e. The van der Waals surface area contributed by atoms with Crippen LogP contribution in [0.2, 0.25) is 0 Å². The van der Waals surface area contributed by atoms with Crippen LogP contribution < -0.4 is 10.1 Å². The lowest BCUT2D eigenvalue weighted by Crippen LogP contribution is -2.45. The van der Waals surface area contributed by atoms with Crippen molar-refractivity contribution in [2.24, 2.45) is 5.92 Å². The lowest BCUT2D eigenvalue weighted by molar-refractivity contribution is -0.119. The zero-order chi connectivity index (χ0) is 21.6. The number of ether oxygens (including phenoxy) is 3. The molecule has 29 heavy (non-hydrogen) atoms. The number of nitrogens with zero attached hydrogens (tertiary/aromatic N) is 2. The fraction of sp³-hybridized carbons (Fsp3) is 0.619. The van der Waals surface area contributed by atoms with Gasteiger partial charge in [-0.1, -0.05) is 6.92 Å². The molecule has 3 atom stereocenters. The highest BCUT2D eigenvalue weighted by molar-refractivity contribution is 5.99. The minimum atomic E-state index is -0.286. The molecule has 1 aliphatic heterocycles. The van der Waals surface area contributed by atoms with Gasteiger partial charge < -0.3 is 24.4 Å². The molecule has 1 aromatic rings. The van der Waals surface area contributed by atoms with Gasteiger partial charge in [-0.05, 0) is 38.1 Å². The first-order chi connectivity index (χ1) is 13.8. The maximum Gasteiger partial charge on any atom is 0.257 e. The average Bonchev–Trinajstić information content (AvgIpc) is 2.69. The second-order valence-electron chi connectivity index (χ2n) is 7.73. The Morgan fingerprint density at radius 2 is 1.97 bits per heavy atom. The molecular weight excluding hydrogens is 374 g/mol. The normalized spacial score (nSPS) is 24.1. The maximum atomic E-state index is 13.2. The number of anilines is 1. The molecule has 0 saturated carbocycles. The Labute approximate surface area is 173 Å². The molecule has 8 heteroatoms.